The molecule has 0 aliphatic rings. The first-order chi connectivity index (χ1) is 8.69. The van der Waals surface area contributed by atoms with Crippen LogP contribution in [-0.2, 0) is 13.2 Å². The highest BCUT2D eigenvalue weighted by Crippen LogP contribution is 2.20. The Kier molecular flexibility index (Phi) is 4.33. The van der Waals surface area contributed by atoms with E-state index in [9.17, 15) is 5.11 Å². The molecule has 0 aliphatic heterocycles. The first-order valence-electron chi connectivity index (χ1n) is 5.62. The van der Waals surface area contributed by atoms with Gasteiger partial charge in [-0.05, 0) is 24.6 Å². The average Bonchev–Trinajstić information content (AvgIpc) is 2.37. The van der Waals surface area contributed by atoms with Gasteiger partial charge in [0.05, 0.1) is 6.61 Å². The van der Waals surface area contributed by atoms with Gasteiger partial charge >= 0.3 is 0 Å². The van der Waals surface area contributed by atoms with Crippen molar-refractivity contribution in [2.24, 2.45) is 0 Å². The number of rotatable bonds is 4. The molecule has 0 saturated heterocycles. The lowest BCUT2D eigenvalue weighted by Crippen LogP contribution is -2.00. The van der Waals surface area contributed by atoms with Crippen molar-refractivity contribution in [1.29, 1.82) is 0 Å². The molecule has 1 aromatic carbocycles. The zero-order valence-corrected chi connectivity index (χ0v) is 11.6. The van der Waals surface area contributed by atoms with Gasteiger partial charge in [-0.25, -0.2) is 0 Å². The van der Waals surface area contributed by atoms with Gasteiger partial charge in [0.25, 0.3) is 0 Å². The second kappa shape index (κ2) is 5.98. The van der Waals surface area contributed by atoms with Crippen molar-refractivity contribution in [3.63, 3.8) is 0 Å². The van der Waals surface area contributed by atoms with Gasteiger partial charge < -0.3 is 9.84 Å². The van der Waals surface area contributed by atoms with Crippen molar-refractivity contribution in [2.45, 2.75) is 20.1 Å². The molecule has 0 fully saturated rings. The number of aliphatic hydroxyl groups excluding tert-OH is 1. The number of pyridine rings is 1. The number of halogens is 1. The third-order valence-corrected chi connectivity index (χ3v) is 3.03. The van der Waals surface area contributed by atoms with E-state index in [1.165, 1.54) is 0 Å². The molecule has 0 spiro atoms. The molecule has 2 aromatic rings. The number of aromatic nitrogens is 1. The second-order valence-corrected chi connectivity index (χ2v) is 4.93. The van der Waals surface area contributed by atoms with E-state index in [4.69, 9.17) is 4.74 Å². The van der Waals surface area contributed by atoms with Crippen molar-refractivity contribution in [3.8, 4) is 5.75 Å². The average molecular weight is 308 g/mol. The van der Waals surface area contributed by atoms with Gasteiger partial charge in [-0.1, -0.05) is 28.1 Å². The Balaban J connectivity index is 2.12. The smallest absolute Gasteiger partial charge is 0.128 e. The van der Waals surface area contributed by atoms with Crippen molar-refractivity contribution < 1.29 is 9.84 Å². The predicted octanol–water partition coefficient (Wildman–Crippen LogP) is 3.22. The van der Waals surface area contributed by atoms with Crippen molar-refractivity contribution in [1.82, 2.24) is 4.98 Å². The van der Waals surface area contributed by atoms with Crippen LogP contribution < -0.4 is 4.74 Å². The van der Waals surface area contributed by atoms with Gasteiger partial charge in [0.1, 0.15) is 12.4 Å². The summed E-state index contributed by atoms with van der Waals surface area (Å²) in [7, 11) is 0. The Hall–Kier alpha value is -1.39. The summed E-state index contributed by atoms with van der Waals surface area (Å²) in [4.78, 5) is 4.13. The predicted molar refractivity (Wildman–Crippen MR) is 73.4 cm³/mol. The Bertz CT molecular complexity index is 543. The number of nitrogens with zero attached hydrogens (tertiary/aromatic N) is 1. The molecule has 94 valence electrons. The van der Waals surface area contributed by atoms with Gasteiger partial charge in [-0.2, -0.15) is 0 Å². The van der Waals surface area contributed by atoms with Crippen LogP contribution >= 0.6 is 15.9 Å². The van der Waals surface area contributed by atoms with Crippen LogP contribution in [0.25, 0.3) is 0 Å². The summed E-state index contributed by atoms with van der Waals surface area (Å²) in [5.74, 6) is 0.685. The molecular weight excluding hydrogens is 294 g/mol. The van der Waals surface area contributed by atoms with Crippen LogP contribution in [0.4, 0.5) is 0 Å². The van der Waals surface area contributed by atoms with E-state index < -0.39 is 0 Å². The minimum absolute atomic E-state index is 0.0684. The highest BCUT2D eigenvalue weighted by Gasteiger charge is 2.04. The Morgan fingerprint density at radius 3 is 2.89 bits per heavy atom. The molecular formula is C14H14BrNO2. The fraction of sp³-hybridized carbons (Fsp3) is 0.214. The molecule has 0 amide bonds. The SMILES string of the molecule is Cc1cc(OCc2cccc(Br)c2)c(CO)cn1. The number of hydrogen-bond donors (Lipinski definition) is 1. The minimum atomic E-state index is -0.0684. The maximum Gasteiger partial charge on any atom is 0.128 e. The summed E-state index contributed by atoms with van der Waals surface area (Å²) in [6, 6.07) is 9.78. The molecule has 18 heavy (non-hydrogen) atoms. The van der Waals surface area contributed by atoms with Gasteiger partial charge in [0.15, 0.2) is 0 Å². The molecule has 0 saturated carbocycles. The lowest BCUT2D eigenvalue weighted by Gasteiger charge is -2.10. The van der Waals surface area contributed by atoms with Crippen LogP contribution in [0.15, 0.2) is 41.0 Å². The molecule has 0 aliphatic carbocycles. The molecule has 0 unspecified atom stereocenters. The lowest BCUT2D eigenvalue weighted by molar-refractivity contribution is 0.258. The standard InChI is InChI=1S/C14H14BrNO2/c1-10-5-14(12(8-17)7-16-10)18-9-11-3-2-4-13(15)6-11/h2-7,17H,8-9H2,1H3. The molecule has 0 atom stereocenters. The molecule has 0 radical (unpaired) electrons. The van der Waals surface area contributed by atoms with E-state index in [0.29, 0.717) is 17.9 Å². The molecule has 3 nitrogen and oxygen atoms in total. The quantitative estimate of drug-likeness (QED) is 0.943. The van der Waals surface area contributed by atoms with Gasteiger partial charge in [-0.3, -0.25) is 4.98 Å². The van der Waals surface area contributed by atoms with E-state index in [1.54, 1.807) is 6.20 Å². The summed E-state index contributed by atoms with van der Waals surface area (Å²) >= 11 is 3.42. The van der Waals surface area contributed by atoms with Crippen molar-refractivity contribution in [2.75, 3.05) is 0 Å². The largest absolute Gasteiger partial charge is 0.488 e. The van der Waals surface area contributed by atoms with E-state index >= 15 is 0 Å². The molecule has 2 rings (SSSR count). The van der Waals surface area contributed by atoms with E-state index in [-0.39, 0.29) is 6.61 Å². The highest BCUT2D eigenvalue weighted by atomic mass is 79.9. The fourth-order valence-electron chi connectivity index (χ4n) is 1.60. The molecule has 1 N–H and O–H groups in total. The summed E-state index contributed by atoms with van der Waals surface area (Å²) in [5.41, 5.74) is 2.65. The van der Waals surface area contributed by atoms with Crippen molar-refractivity contribution >= 4 is 15.9 Å². The monoisotopic (exact) mass is 307 g/mol. The van der Waals surface area contributed by atoms with Crippen LogP contribution in [0.3, 0.4) is 0 Å². The summed E-state index contributed by atoms with van der Waals surface area (Å²) in [6.07, 6.45) is 1.64. The topological polar surface area (TPSA) is 42.4 Å². The lowest BCUT2D eigenvalue weighted by atomic mass is 10.2. The summed E-state index contributed by atoms with van der Waals surface area (Å²) < 4.78 is 6.75. The number of ether oxygens (including phenoxy) is 1. The molecule has 4 heteroatoms. The van der Waals surface area contributed by atoms with Gasteiger partial charge in [-0.15, -0.1) is 0 Å². The summed E-state index contributed by atoms with van der Waals surface area (Å²) in [6.45, 7) is 2.30. The van der Waals surface area contributed by atoms with Crippen LogP contribution in [0, 0.1) is 6.92 Å². The van der Waals surface area contributed by atoms with Crippen LogP contribution in [0.2, 0.25) is 0 Å². The number of benzene rings is 1. The maximum absolute atomic E-state index is 9.22. The van der Waals surface area contributed by atoms with E-state index in [2.05, 4.69) is 20.9 Å². The van der Waals surface area contributed by atoms with Crippen LogP contribution in [-0.4, -0.2) is 10.1 Å². The Morgan fingerprint density at radius 2 is 2.17 bits per heavy atom. The van der Waals surface area contributed by atoms with Gasteiger partial charge in [0, 0.05) is 28.0 Å². The fourth-order valence-corrected chi connectivity index (χ4v) is 2.05. The Labute approximate surface area is 115 Å². The number of aryl methyl sites for hydroxylation is 1. The number of aliphatic hydroxyl groups is 1. The normalized spacial score (nSPS) is 10.4. The third-order valence-electron chi connectivity index (χ3n) is 2.53. The highest BCUT2D eigenvalue weighted by molar-refractivity contribution is 9.10. The first kappa shape index (κ1) is 13.1. The summed E-state index contributed by atoms with van der Waals surface area (Å²) in [5, 5.41) is 9.22. The maximum atomic E-state index is 9.22. The second-order valence-electron chi connectivity index (χ2n) is 4.01. The van der Waals surface area contributed by atoms with Gasteiger partial charge in [0.2, 0.25) is 0 Å². The first-order valence-corrected chi connectivity index (χ1v) is 6.42. The molecule has 1 heterocycles. The number of hydrogen-bond acceptors (Lipinski definition) is 3. The van der Waals surface area contributed by atoms with E-state index in [0.717, 1.165) is 15.7 Å². The third kappa shape index (κ3) is 3.31. The zero-order valence-electron chi connectivity index (χ0n) is 10.1. The molecule has 1 aromatic heterocycles. The van der Waals surface area contributed by atoms with Crippen LogP contribution in [0.1, 0.15) is 16.8 Å². The zero-order chi connectivity index (χ0) is 13.0. The Morgan fingerprint density at radius 1 is 1.33 bits per heavy atom. The van der Waals surface area contributed by atoms with E-state index in [1.807, 2.05) is 37.3 Å². The van der Waals surface area contributed by atoms with Crippen LogP contribution in [0.5, 0.6) is 5.75 Å². The van der Waals surface area contributed by atoms with Crippen molar-refractivity contribution in [3.05, 3.63) is 57.8 Å². The minimum Gasteiger partial charge on any atom is -0.488 e. The molecule has 0 bridgehead atoms.